The van der Waals surface area contributed by atoms with Crippen LogP contribution in [0.2, 0.25) is 0 Å². The van der Waals surface area contributed by atoms with E-state index in [1.165, 1.54) is 5.56 Å². The molecule has 1 aromatic heterocycles. The summed E-state index contributed by atoms with van der Waals surface area (Å²) in [6.07, 6.45) is 1.14. The smallest absolute Gasteiger partial charge is 0.113 e. The lowest BCUT2D eigenvalue weighted by molar-refractivity contribution is 0.284. The summed E-state index contributed by atoms with van der Waals surface area (Å²) in [5.41, 5.74) is 3.69. The van der Waals surface area contributed by atoms with Gasteiger partial charge in [-0.3, -0.25) is 0 Å². The van der Waals surface area contributed by atoms with Gasteiger partial charge >= 0.3 is 0 Å². The van der Waals surface area contributed by atoms with Crippen LogP contribution in [0.15, 0.2) is 18.2 Å². The van der Waals surface area contributed by atoms with Crippen molar-refractivity contribution in [1.29, 1.82) is 0 Å². The molecule has 0 amide bonds. The zero-order valence-corrected chi connectivity index (χ0v) is 11.3. The lowest BCUT2D eigenvalue weighted by atomic mass is 9.72. The normalized spacial score (nSPS) is 13.2. The number of H-pyrrole nitrogens is 1. The van der Waals surface area contributed by atoms with Gasteiger partial charge in [0.2, 0.25) is 0 Å². The first-order valence-corrected chi connectivity index (χ1v) is 6.09. The van der Waals surface area contributed by atoms with E-state index in [4.69, 9.17) is 0 Å². The van der Waals surface area contributed by atoms with Gasteiger partial charge < -0.3 is 0 Å². The molecule has 1 heterocycles. The third-order valence-corrected chi connectivity index (χ3v) is 3.07. The molecule has 0 aliphatic rings. The average molecular weight is 231 g/mol. The van der Waals surface area contributed by atoms with Gasteiger partial charge in [0.05, 0.1) is 0 Å². The lowest BCUT2D eigenvalue weighted by Crippen LogP contribution is -2.24. The molecule has 0 fully saturated rings. The maximum Gasteiger partial charge on any atom is 0.113 e. The van der Waals surface area contributed by atoms with E-state index in [1.807, 2.05) is 6.07 Å². The lowest BCUT2D eigenvalue weighted by Gasteiger charge is -2.32. The second kappa shape index (κ2) is 3.83. The van der Waals surface area contributed by atoms with Crippen LogP contribution in [-0.4, -0.2) is 15.4 Å². The number of benzene rings is 1. The second-order valence-corrected chi connectivity index (χ2v) is 6.65. The highest BCUT2D eigenvalue weighted by molar-refractivity contribution is 5.74. The number of nitrogens with zero attached hydrogens (tertiary/aromatic N) is 2. The van der Waals surface area contributed by atoms with Crippen molar-refractivity contribution in [2.24, 2.45) is 5.41 Å². The quantitative estimate of drug-likeness (QED) is 0.856. The van der Waals surface area contributed by atoms with Crippen molar-refractivity contribution < 1.29 is 0 Å². The van der Waals surface area contributed by atoms with Crippen LogP contribution < -0.4 is 0 Å². The average Bonchev–Trinajstić information content (AvgIpc) is 2.59. The Labute approximate surface area is 103 Å². The Balaban J connectivity index is 2.37. The van der Waals surface area contributed by atoms with Crippen LogP contribution in [0.25, 0.3) is 11.0 Å². The van der Waals surface area contributed by atoms with E-state index in [9.17, 15) is 0 Å². The first-order valence-electron chi connectivity index (χ1n) is 6.09. The Morgan fingerprint density at radius 3 is 2.29 bits per heavy atom. The maximum absolute atomic E-state index is 4.15. The van der Waals surface area contributed by atoms with Crippen molar-refractivity contribution in [3.63, 3.8) is 0 Å². The molecule has 0 unspecified atom stereocenters. The summed E-state index contributed by atoms with van der Waals surface area (Å²) in [4.78, 5) is 0. The van der Waals surface area contributed by atoms with Crippen LogP contribution in [0.4, 0.5) is 0 Å². The van der Waals surface area contributed by atoms with E-state index in [1.54, 1.807) is 0 Å². The Kier molecular flexibility index (Phi) is 2.72. The fourth-order valence-corrected chi connectivity index (χ4v) is 2.69. The van der Waals surface area contributed by atoms with Gasteiger partial charge in [-0.15, -0.1) is 0 Å². The van der Waals surface area contributed by atoms with E-state index in [2.05, 4.69) is 62.2 Å². The number of nitrogens with one attached hydrogen (secondary N) is 1. The fourth-order valence-electron chi connectivity index (χ4n) is 2.69. The third-order valence-electron chi connectivity index (χ3n) is 3.07. The minimum atomic E-state index is 0.158. The van der Waals surface area contributed by atoms with Crippen LogP contribution >= 0.6 is 0 Å². The number of hydrogen-bond acceptors (Lipinski definition) is 2. The van der Waals surface area contributed by atoms with Gasteiger partial charge in [0.25, 0.3) is 0 Å². The molecule has 0 aliphatic heterocycles. The Bertz CT molecular complexity index is 517. The second-order valence-electron chi connectivity index (χ2n) is 6.65. The van der Waals surface area contributed by atoms with E-state index >= 15 is 0 Å². The van der Waals surface area contributed by atoms with Gasteiger partial charge in [-0.2, -0.15) is 15.4 Å². The van der Waals surface area contributed by atoms with Gasteiger partial charge in [0, 0.05) is 0 Å². The summed E-state index contributed by atoms with van der Waals surface area (Å²) in [7, 11) is 0. The molecule has 3 nitrogen and oxygen atoms in total. The standard InChI is InChI=1S/C14H21N3/c1-13(2,3)9-14(4,5)10-6-7-11-12(8-10)16-17-15-11/h6-8H,9H2,1-5H3,(H,15,16,17). The number of fused-ring (bicyclic) bond motifs is 1. The van der Waals surface area contributed by atoms with Crippen molar-refractivity contribution in [2.45, 2.75) is 46.5 Å². The molecule has 0 atom stereocenters. The van der Waals surface area contributed by atoms with Crippen LogP contribution in [-0.2, 0) is 5.41 Å². The summed E-state index contributed by atoms with van der Waals surface area (Å²) < 4.78 is 0. The van der Waals surface area contributed by atoms with Crippen molar-refractivity contribution >= 4 is 11.0 Å². The number of hydrogen-bond donors (Lipinski definition) is 1. The minimum absolute atomic E-state index is 0.158. The highest BCUT2D eigenvalue weighted by atomic mass is 15.3. The van der Waals surface area contributed by atoms with E-state index < -0.39 is 0 Å². The van der Waals surface area contributed by atoms with Gasteiger partial charge in [-0.25, -0.2) is 0 Å². The predicted octanol–water partition coefficient (Wildman–Crippen LogP) is 3.67. The molecule has 0 saturated heterocycles. The molecular formula is C14H21N3. The molecule has 0 aliphatic carbocycles. The zero-order chi connectivity index (χ0) is 12.7. The Morgan fingerprint density at radius 2 is 1.65 bits per heavy atom. The summed E-state index contributed by atoms with van der Waals surface area (Å²) in [5.74, 6) is 0. The van der Waals surface area contributed by atoms with E-state index in [0.717, 1.165) is 17.5 Å². The highest BCUT2D eigenvalue weighted by Gasteiger charge is 2.27. The Morgan fingerprint density at radius 1 is 1.00 bits per heavy atom. The SMILES string of the molecule is CC(C)(C)CC(C)(C)c1ccc2n[nH]nc2c1. The molecule has 2 rings (SSSR count). The predicted molar refractivity (Wildman–Crippen MR) is 71.0 cm³/mol. The molecular weight excluding hydrogens is 210 g/mol. The molecule has 1 N–H and O–H groups in total. The highest BCUT2D eigenvalue weighted by Crippen LogP contribution is 2.36. The fraction of sp³-hybridized carbons (Fsp3) is 0.571. The van der Waals surface area contributed by atoms with Gasteiger partial charge in [0.15, 0.2) is 0 Å². The maximum atomic E-state index is 4.15. The number of aromatic amines is 1. The van der Waals surface area contributed by atoms with Gasteiger partial charge in [-0.05, 0) is 34.9 Å². The van der Waals surface area contributed by atoms with Gasteiger partial charge in [-0.1, -0.05) is 40.7 Å². The van der Waals surface area contributed by atoms with Crippen LogP contribution in [0, 0.1) is 5.41 Å². The van der Waals surface area contributed by atoms with Crippen LogP contribution in [0.5, 0.6) is 0 Å². The molecule has 0 saturated carbocycles. The minimum Gasteiger partial charge on any atom is -0.197 e. The number of aromatic nitrogens is 3. The van der Waals surface area contributed by atoms with Crippen molar-refractivity contribution in [2.75, 3.05) is 0 Å². The number of rotatable bonds is 2. The topological polar surface area (TPSA) is 41.6 Å². The van der Waals surface area contributed by atoms with Crippen molar-refractivity contribution in [3.05, 3.63) is 23.8 Å². The van der Waals surface area contributed by atoms with Gasteiger partial charge in [0.1, 0.15) is 11.0 Å². The first kappa shape index (κ1) is 12.1. The summed E-state index contributed by atoms with van der Waals surface area (Å²) in [5, 5.41) is 10.9. The largest absolute Gasteiger partial charge is 0.197 e. The van der Waals surface area contributed by atoms with Crippen LogP contribution in [0.1, 0.15) is 46.6 Å². The molecule has 0 bridgehead atoms. The molecule has 2 aromatic rings. The Hall–Kier alpha value is -1.38. The zero-order valence-electron chi connectivity index (χ0n) is 11.3. The molecule has 0 spiro atoms. The third kappa shape index (κ3) is 2.65. The summed E-state index contributed by atoms with van der Waals surface area (Å²) in [6, 6.07) is 6.35. The molecule has 1 aromatic carbocycles. The molecule has 92 valence electrons. The van der Waals surface area contributed by atoms with E-state index in [-0.39, 0.29) is 5.41 Å². The van der Waals surface area contributed by atoms with Crippen LogP contribution in [0.3, 0.4) is 0 Å². The first-order chi connectivity index (χ1) is 7.78. The monoisotopic (exact) mass is 231 g/mol. The van der Waals surface area contributed by atoms with Crippen molar-refractivity contribution in [3.8, 4) is 0 Å². The molecule has 3 heteroatoms. The van der Waals surface area contributed by atoms with Crippen molar-refractivity contribution in [1.82, 2.24) is 15.4 Å². The molecule has 17 heavy (non-hydrogen) atoms. The van der Waals surface area contributed by atoms with E-state index in [0.29, 0.717) is 5.41 Å². The summed E-state index contributed by atoms with van der Waals surface area (Å²) >= 11 is 0. The molecule has 0 radical (unpaired) electrons. The summed E-state index contributed by atoms with van der Waals surface area (Å²) in [6.45, 7) is 11.4.